The van der Waals surface area contributed by atoms with Gasteiger partial charge in [-0.25, -0.2) is 8.42 Å². The van der Waals surface area contributed by atoms with E-state index in [9.17, 15) is 18.0 Å². The molecule has 1 atom stereocenters. The van der Waals surface area contributed by atoms with Gasteiger partial charge in [0.1, 0.15) is 12.6 Å². The Morgan fingerprint density at radius 3 is 2.15 bits per heavy atom. The van der Waals surface area contributed by atoms with Crippen LogP contribution in [0.25, 0.3) is 0 Å². The number of carbonyl (C=O) groups excluding carboxylic acids is 2. The number of aryl methyl sites for hydroxylation is 1. The Labute approximate surface area is 252 Å². The number of nitrogens with zero attached hydrogens (tertiary/aromatic N) is 2. The van der Waals surface area contributed by atoms with Gasteiger partial charge in [-0.05, 0) is 62.1 Å². The molecule has 41 heavy (non-hydrogen) atoms. The van der Waals surface area contributed by atoms with Gasteiger partial charge >= 0.3 is 0 Å². The van der Waals surface area contributed by atoms with E-state index in [0.717, 1.165) is 41.1 Å². The molecule has 1 unspecified atom stereocenters. The van der Waals surface area contributed by atoms with Gasteiger partial charge in [0.25, 0.3) is 10.0 Å². The molecule has 1 aliphatic carbocycles. The lowest BCUT2D eigenvalue weighted by molar-refractivity contribution is -0.140. The summed E-state index contributed by atoms with van der Waals surface area (Å²) in [6.45, 7) is 3.30. The highest BCUT2D eigenvalue weighted by Gasteiger charge is 2.34. The first-order valence-electron chi connectivity index (χ1n) is 13.8. The maximum atomic E-state index is 14.1. The lowest BCUT2D eigenvalue weighted by Crippen LogP contribution is -2.53. The van der Waals surface area contributed by atoms with E-state index in [1.54, 1.807) is 12.1 Å². The van der Waals surface area contributed by atoms with Crippen molar-refractivity contribution < 1.29 is 18.0 Å². The third kappa shape index (κ3) is 7.82. The molecule has 2 amide bonds. The van der Waals surface area contributed by atoms with Crippen molar-refractivity contribution in [2.24, 2.45) is 0 Å². The van der Waals surface area contributed by atoms with Crippen LogP contribution < -0.4 is 9.62 Å². The summed E-state index contributed by atoms with van der Waals surface area (Å²) >= 11 is 12.5. The molecule has 1 N–H and O–H groups in total. The van der Waals surface area contributed by atoms with E-state index < -0.39 is 28.5 Å². The van der Waals surface area contributed by atoms with E-state index in [2.05, 4.69) is 5.32 Å². The quantitative estimate of drug-likeness (QED) is 0.272. The van der Waals surface area contributed by atoms with Gasteiger partial charge < -0.3 is 10.2 Å². The van der Waals surface area contributed by atoms with Crippen molar-refractivity contribution in [1.82, 2.24) is 10.2 Å². The van der Waals surface area contributed by atoms with Crippen LogP contribution in [0.5, 0.6) is 0 Å². The Hall–Kier alpha value is -3.07. The predicted octanol–water partition coefficient (Wildman–Crippen LogP) is 6.36. The molecule has 3 aromatic rings. The predicted molar refractivity (Wildman–Crippen MR) is 164 cm³/mol. The number of benzene rings is 3. The molecule has 3 aromatic carbocycles. The van der Waals surface area contributed by atoms with Crippen LogP contribution in [-0.2, 0) is 26.2 Å². The van der Waals surface area contributed by atoms with Crippen molar-refractivity contribution in [3.05, 3.63) is 94.0 Å². The molecule has 1 fully saturated rings. The van der Waals surface area contributed by atoms with E-state index >= 15 is 0 Å². The Balaban J connectivity index is 1.72. The maximum absolute atomic E-state index is 14.1. The fraction of sp³-hybridized carbons (Fsp3) is 0.355. The van der Waals surface area contributed by atoms with Gasteiger partial charge in [-0.2, -0.15) is 0 Å². The first-order valence-corrected chi connectivity index (χ1v) is 16.0. The summed E-state index contributed by atoms with van der Waals surface area (Å²) in [6, 6.07) is 19.4. The molecule has 218 valence electrons. The van der Waals surface area contributed by atoms with Gasteiger partial charge in [0.2, 0.25) is 11.8 Å². The average molecular weight is 617 g/mol. The third-order valence-electron chi connectivity index (χ3n) is 7.31. The zero-order valence-electron chi connectivity index (χ0n) is 23.2. The molecule has 0 radical (unpaired) electrons. The van der Waals surface area contributed by atoms with Crippen molar-refractivity contribution >= 4 is 50.7 Å². The largest absolute Gasteiger partial charge is 0.352 e. The van der Waals surface area contributed by atoms with Crippen molar-refractivity contribution in [2.45, 2.75) is 69.5 Å². The number of amides is 2. The highest BCUT2D eigenvalue weighted by atomic mass is 35.5. The van der Waals surface area contributed by atoms with Crippen molar-refractivity contribution in [3.8, 4) is 0 Å². The molecule has 0 saturated heterocycles. The number of rotatable bonds is 11. The summed E-state index contributed by atoms with van der Waals surface area (Å²) in [5.41, 5.74) is 1.87. The molecule has 1 aliphatic rings. The minimum absolute atomic E-state index is 0.0209. The second-order valence-electron chi connectivity index (χ2n) is 10.4. The molecular weight excluding hydrogens is 581 g/mol. The Morgan fingerprint density at radius 2 is 1.56 bits per heavy atom. The van der Waals surface area contributed by atoms with Crippen LogP contribution in [0.1, 0.15) is 50.2 Å². The Kier molecular flexibility index (Phi) is 10.3. The third-order valence-corrected chi connectivity index (χ3v) is 9.53. The van der Waals surface area contributed by atoms with E-state index in [-0.39, 0.29) is 39.1 Å². The highest BCUT2D eigenvalue weighted by molar-refractivity contribution is 7.92. The molecular formula is C31H35Cl2N3O4S. The van der Waals surface area contributed by atoms with Crippen molar-refractivity contribution in [3.63, 3.8) is 0 Å². The number of sulfonamides is 1. The second kappa shape index (κ2) is 13.7. The fourth-order valence-electron chi connectivity index (χ4n) is 5.12. The standard InChI is InChI=1S/C31H35Cl2N3O4S/c1-3-29(31(38)34-26-11-7-8-12-26)35(20-23-9-5-4-6-10-23)30(37)21-36(27-18-24(32)17-25(33)19-27)41(39,40)28-15-13-22(2)14-16-28/h4-6,9-10,13-19,26,29H,3,7-8,11-12,20-21H2,1-2H3,(H,34,38). The van der Waals surface area contributed by atoms with Gasteiger partial charge in [-0.1, -0.05) is 91.0 Å². The molecule has 10 heteroatoms. The van der Waals surface area contributed by atoms with E-state index in [1.807, 2.05) is 44.2 Å². The molecule has 0 heterocycles. The maximum Gasteiger partial charge on any atom is 0.264 e. The summed E-state index contributed by atoms with van der Waals surface area (Å²) in [4.78, 5) is 29.1. The molecule has 4 rings (SSSR count). The fourth-order valence-corrected chi connectivity index (χ4v) is 7.03. The van der Waals surface area contributed by atoms with Crippen LogP contribution in [0.4, 0.5) is 5.69 Å². The van der Waals surface area contributed by atoms with Crippen LogP contribution in [0.3, 0.4) is 0 Å². The Morgan fingerprint density at radius 1 is 0.951 bits per heavy atom. The first-order chi connectivity index (χ1) is 19.6. The number of anilines is 1. The van der Waals surface area contributed by atoms with Crippen molar-refractivity contribution in [2.75, 3.05) is 10.8 Å². The lowest BCUT2D eigenvalue weighted by Gasteiger charge is -2.34. The van der Waals surface area contributed by atoms with Gasteiger partial charge in [0.05, 0.1) is 10.6 Å². The van der Waals surface area contributed by atoms with E-state index in [4.69, 9.17) is 23.2 Å². The van der Waals surface area contributed by atoms with Crippen LogP contribution in [0.2, 0.25) is 10.0 Å². The zero-order chi connectivity index (χ0) is 29.6. The number of nitrogens with one attached hydrogen (secondary N) is 1. The normalized spacial score (nSPS) is 14.4. The molecule has 0 aliphatic heterocycles. The highest BCUT2D eigenvalue weighted by Crippen LogP contribution is 2.30. The second-order valence-corrected chi connectivity index (χ2v) is 13.1. The van der Waals surface area contributed by atoms with Gasteiger partial charge in [0.15, 0.2) is 0 Å². The summed E-state index contributed by atoms with van der Waals surface area (Å²) < 4.78 is 29.0. The lowest BCUT2D eigenvalue weighted by atomic mass is 10.1. The van der Waals surface area contributed by atoms with Crippen LogP contribution in [-0.4, -0.2) is 43.8 Å². The molecule has 0 aromatic heterocycles. The van der Waals surface area contributed by atoms with Gasteiger partial charge in [0, 0.05) is 22.6 Å². The summed E-state index contributed by atoms with van der Waals surface area (Å²) in [5.74, 6) is -0.753. The van der Waals surface area contributed by atoms with Crippen molar-refractivity contribution in [1.29, 1.82) is 0 Å². The minimum atomic E-state index is -4.21. The molecule has 1 saturated carbocycles. The van der Waals surface area contributed by atoms with E-state index in [1.165, 1.54) is 35.2 Å². The summed E-state index contributed by atoms with van der Waals surface area (Å²) in [7, 11) is -4.21. The molecule has 0 bridgehead atoms. The topological polar surface area (TPSA) is 86.8 Å². The van der Waals surface area contributed by atoms with Gasteiger partial charge in [-0.3, -0.25) is 13.9 Å². The van der Waals surface area contributed by atoms with E-state index in [0.29, 0.717) is 6.42 Å². The van der Waals surface area contributed by atoms with Crippen LogP contribution in [0, 0.1) is 6.92 Å². The average Bonchev–Trinajstić information content (AvgIpc) is 3.44. The summed E-state index contributed by atoms with van der Waals surface area (Å²) in [6.07, 6.45) is 4.30. The van der Waals surface area contributed by atoms with Crippen LogP contribution in [0.15, 0.2) is 77.7 Å². The first kappa shape index (κ1) is 30.9. The smallest absolute Gasteiger partial charge is 0.264 e. The number of hydrogen-bond acceptors (Lipinski definition) is 4. The number of hydrogen-bond donors (Lipinski definition) is 1. The number of carbonyl (C=O) groups is 2. The van der Waals surface area contributed by atoms with Crippen LogP contribution >= 0.6 is 23.2 Å². The number of halogens is 2. The molecule has 0 spiro atoms. The minimum Gasteiger partial charge on any atom is -0.352 e. The monoisotopic (exact) mass is 615 g/mol. The SMILES string of the molecule is CCC(C(=O)NC1CCCC1)N(Cc1ccccc1)C(=O)CN(c1cc(Cl)cc(Cl)c1)S(=O)(=O)c1ccc(C)cc1. The zero-order valence-corrected chi connectivity index (χ0v) is 25.6. The molecule has 7 nitrogen and oxygen atoms in total. The van der Waals surface area contributed by atoms with Gasteiger partial charge in [-0.15, -0.1) is 0 Å². The summed E-state index contributed by atoms with van der Waals surface area (Å²) in [5, 5.41) is 3.57. The Bertz CT molecular complexity index is 1440.